The fourth-order valence-corrected chi connectivity index (χ4v) is 3.53. The predicted molar refractivity (Wildman–Crippen MR) is 126 cm³/mol. The van der Waals surface area contributed by atoms with Crippen molar-refractivity contribution in [2.75, 3.05) is 0 Å². The van der Waals surface area contributed by atoms with Crippen molar-refractivity contribution >= 4 is 0 Å². The minimum Gasteiger partial charge on any atom is -0.872 e. The average Bonchev–Trinajstić information content (AvgIpc) is 2.76. The molecule has 3 heteroatoms. The van der Waals surface area contributed by atoms with E-state index in [1.807, 2.05) is 24.3 Å². The van der Waals surface area contributed by atoms with Crippen LogP contribution in [0.4, 0.5) is 0 Å². The summed E-state index contributed by atoms with van der Waals surface area (Å²) in [5.41, 5.74) is 2.59. The molecule has 0 aliphatic rings. The standard InChI is InChI=1S/2C14H22O.Ni/c2*1-2-3-4-5-6-7-8-13-9-11-14(15)12-10-13;/h2*9-12,15H,2-8H2,1H3;/q;;+2/p-2. The van der Waals surface area contributed by atoms with Gasteiger partial charge in [0, 0.05) is 0 Å². The van der Waals surface area contributed by atoms with Gasteiger partial charge in [-0.15, -0.1) is 11.5 Å². The van der Waals surface area contributed by atoms with Crippen LogP contribution in [0.2, 0.25) is 0 Å². The molecule has 0 unspecified atom stereocenters. The van der Waals surface area contributed by atoms with Crippen LogP contribution in [0.25, 0.3) is 0 Å². The molecule has 0 saturated carbocycles. The van der Waals surface area contributed by atoms with Crippen LogP contribution in [0.3, 0.4) is 0 Å². The second-order valence-corrected chi connectivity index (χ2v) is 8.32. The maximum Gasteiger partial charge on any atom is 2.00 e. The summed E-state index contributed by atoms with van der Waals surface area (Å²) in [4.78, 5) is 0. The van der Waals surface area contributed by atoms with E-state index in [1.54, 1.807) is 24.3 Å². The van der Waals surface area contributed by atoms with Crippen molar-refractivity contribution in [2.45, 2.75) is 104 Å². The zero-order valence-corrected chi connectivity index (χ0v) is 20.6. The van der Waals surface area contributed by atoms with Gasteiger partial charge in [0.15, 0.2) is 0 Å². The first kappa shape index (κ1) is 29.5. The van der Waals surface area contributed by atoms with Gasteiger partial charge in [0.05, 0.1) is 0 Å². The molecule has 0 heterocycles. The van der Waals surface area contributed by atoms with E-state index in [-0.39, 0.29) is 28.0 Å². The molecule has 2 nitrogen and oxygen atoms in total. The van der Waals surface area contributed by atoms with Crippen molar-refractivity contribution in [2.24, 2.45) is 0 Å². The SMILES string of the molecule is CCCCCCCCc1ccc([O-])cc1.CCCCCCCCc1ccc([O-])cc1.[Ni+2]. The molecule has 0 saturated heterocycles. The van der Waals surface area contributed by atoms with E-state index in [9.17, 15) is 10.2 Å². The third-order valence-electron chi connectivity index (χ3n) is 5.48. The average molecular weight is 469 g/mol. The molecule has 0 aliphatic carbocycles. The van der Waals surface area contributed by atoms with Crippen LogP contribution in [-0.4, -0.2) is 0 Å². The van der Waals surface area contributed by atoms with Crippen LogP contribution in [0.15, 0.2) is 48.5 Å². The third-order valence-corrected chi connectivity index (χ3v) is 5.48. The Bertz CT molecular complexity index is 565. The zero-order chi connectivity index (χ0) is 21.9. The summed E-state index contributed by atoms with van der Waals surface area (Å²) in [5.74, 6) is 0.225. The van der Waals surface area contributed by atoms with E-state index in [0.717, 1.165) is 12.8 Å². The molecular formula is C28H42NiO2. The summed E-state index contributed by atoms with van der Waals surface area (Å²) in [6.45, 7) is 4.48. The Hall–Kier alpha value is -1.47. The van der Waals surface area contributed by atoms with Crippen molar-refractivity contribution in [3.8, 4) is 11.5 Å². The van der Waals surface area contributed by atoms with Gasteiger partial charge >= 0.3 is 16.5 Å². The molecule has 0 bridgehead atoms. The van der Waals surface area contributed by atoms with Gasteiger partial charge in [-0.05, 0) is 36.8 Å². The van der Waals surface area contributed by atoms with Crippen LogP contribution in [0.1, 0.15) is 102 Å². The number of rotatable bonds is 14. The largest absolute Gasteiger partial charge is 2.00 e. The third kappa shape index (κ3) is 16.8. The molecule has 31 heavy (non-hydrogen) atoms. The number of unbranched alkanes of at least 4 members (excludes halogenated alkanes) is 10. The minimum atomic E-state index is 0. The summed E-state index contributed by atoms with van der Waals surface area (Å²) in [7, 11) is 0. The Morgan fingerprint density at radius 2 is 0.742 bits per heavy atom. The van der Waals surface area contributed by atoms with Crippen molar-refractivity contribution in [3.05, 3.63) is 59.7 Å². The van der Waals surface area contributed by atoms with E-state index in [4.69, 9.17) is 0 Å². The van der Waals surface area contributed by atoms with Crippen LogP contribution in [0, 0.1) is 0 Å². The van der Waals surface area contributed by atoms with Gasteiger partial charge in [-0.1, -0.05) is 127 Å². The van der Waals surface area contributed by atoms with Crippen LogP contribution in [-0.2, 0) is 29.3 Å². The molecule has 2 aromatic carbocycles. The Kier molecular flexibility index (Phi) is 19.5. The maximum absolute atomic E-state index is 10.9. The molecule has 0 fully saturated rings. The van der Waals surface area contributed by atoms with Crippen LogP contribution >= 0.6 is 0 Å². The van der Waals surface area contributed by atoms with E-state index in [1.165, 1.54) is 88.2 Å². The van der Waals surface area contributed by atoms with Gasteiger partial charge in [-0.3, -0.25) is 0 Å². The number of hydrogen-bond acceptors (Lipinski definition) is 2. The van der Waals surface area contributed by atoms with Crippen molar-refractivity contribution < 1.29 is 26.7 Å². The molecule has 0 spiro atoms. The quantitative estimate of drug-likeness (QED) is 0.215. The Balaban J connectivity index is 0.000000562. The second-order valence-electron chi connectivity index (χ2n) is 8.32. The van der Waals surface area contributed by atoms with Gasteiger partial charge in [0.25, 0.3) is 0 Å². The predicted octanol–water partition coefficient (Wildman–Crippen LogP) is 7.32. The number of benzene rings is 2. The minimum absolute atomic E-state index is 0. The van der Waals surface area contributed by atoms with E-state index in [2.05, 4.69) is 13.8 Å². The molecule has 0 aliphatic heterocycles. The van der Waals surface area contributed by atoms with Crippen molar-refractivity contribution in [1.29, 1.82) is 0 Å². The van der Waals surface area contributed by atoms with Gasteiger partial charge in [-0.25, -0.2) is 0 Å². The molecule has 0 atom stereocenters. The first-order valence-electron chi connectivity index (χ1n) is 12.2. The normalized spacial score (nSPS) is 10.1. The zero-order valence-electron chi connectivity index (χ0n) is 19.7. The summed E-state index contributed by atoms with van der Waals surface area (Å²) >= 11 is 0. The van der Waals surface area contributed by atoms with Gasteiger partial charge in [0.2, 0.25) is 0 Å². The van der Waals surface area contributed by atoms with E-state index >= 15 is 0 Å². The fraction of sp³-hybridized carbons (Fsp3) is 0.571. The fourth-order valence-electron chi connectivity index (χ4n) is 3.53. The van der Waals surface area contributed by atoms with Crippen molar-refractivity contribution in [1.82, 2.24) is 0 Å². The Morgan fingerprint density at radius 3 is 1.06 bits per heavy atom. The van der Waals surface area contributed by atoms with E-state index < -0.39 is 0 Å². The molecule has 2 rings (SSSR count). The molecule has 2 aromatic rings. The number of aryl methyl sites for hydroxylation is 2. The van der Waals surface area contributed by atoms with Crippen molar-refractivity contribution in [3.63, 3.8) is 0 Å². The van der Waals surface area contributed by atoms with Crippen LogP contribution in [0.5, 0.6) is 11.5 Å². The van der Waals surface area contributed by atoms with Crippen LogP contribution < -0.4 is 10.2 Å². The molecule has 0 amide bonds. The summed E-state index contributed by atoms with van der Waals surface area (Å²) in [5, 5.41) is 21.7. The van der Waals surface area contributed by atoms with E-state index in [0.29, 0.717) is 0 Å². The summed E-state index contributed by atoms with van der Waals surface area (Å²) in [6.07, 6.45) is 18.2. The molecule has 0 radical (unpaired) electrons. The number of hydrogen-bond donors (Lipinski definition) is 0. The maximum atomic E-state index is 10.9. The second kappa shape index (κ2) is 20.4. The monoisotopic (exact) mass is 468 g/mol. The topological polar surface area (TPSA) is 46.1 Å². The van der Waals surface area contributed by atoms with Gasteiger partial charge < -0.3 is 10.2 Å². The molecule has 0 N–H and O–H groups in total. The Labute approximate surface area is 201 Å². The molecule has 0 aromatic heterocycles. The molecule has 176 valence electrons. The van der Waals surface area contributed by atoms with Gasteiger partial charge in [-0.2, -0.15) is 0 Å². The smallest absolute Gasteiger partial charge is 0.872 e. The summed E-state index contributed by atoms with van der Waals surface area (Å²) < 4.78 is 0. The van der Waals surface area contributed by atoms with Gasteiger partial charge in [0.1, 0.15) is 0 Å². The first-order valence-corrected chi connectivity index (χ1v) is 12.2. The molecular weight excluding hydrogens is 427 g/mol. The Morgan fingerprint density at radius 1 is 0.452 bits per heavy atom. The summed E-state index contributed by atoms with van der Waals surface area (Å²) in [6, 6.07) is 14.4. The first-order chi connectivity index (χ1) is 14.7.